The van der Waals surface area contributed by atoms with E-state index in [4.69, 9.17) is 11.6 Å². The molecular weight excluding hydrogens is 467 g/mol. The highest BCUT2D eigenvalue weighted by Gasteiger charge is 2.42. The first-order valence-corrected chi connectivity index (χ1v) is 11.1. The minimum Gasteiger partial charge on any atom is -0.355 e. The van der Waals surface area contributed by atoms with Gasteiger partial charge in [-0.3, -0.25) is 24.6 Å². The molecule has 182 valence electrons. The first kappa shape index (κ1) is 25.2. The fourth-order valence-corrected chi connectivity index (χ4v) is 4.07. The number of hydrogen-bond acceptors (Lipinski definition) is 6. The summed E-state index contributed by atoms with van der Waals surface area (Å²) in [6.45, 7) is 1.70. The maximum Gasteiger partial charge on any atom is 0.298 e. The second-order valence-electron chi connectivity index (χ2n) is 9.04. The van der Waals surface area contributed by atoms with E-state index in [1.807, 2.05) is 6.92 Å². The van der Waals surface area contributed by atoms with Gasteiger partial charge in [0.05, 0.1) is 6.54 Å². The van der Waals surface area contributed by atoms with Gasteiger partial charge in [-0.25, -0.2) is 18.2 Å². The first-order chi connectivity index (χ1) is 15.5. The summed E-state index contributed by atoms with van der Waals surface area (Å²) < 4.78 is 43.5. The molecule has 0 saturated heterocycles. The van der Waals surface area contributed by atoms with Gasteiger partial charge in [0.25, 0.3) is 18.0 Å². The fourth-order valence-electron chi connectivity index (χ4n) is 3.96. The topological polar surface area (TPSA) is 110 Å². The molecule has 12 heteroatoms. The molecule has 3 atom stereocenters. The Morgan fingerprint density at radius 2 is 2.03 bits per heavy atom. The Morgan fingerprint density at radius 1 is 1.33 bits per heavy atom. The Balaban J connectivity index is 1.73. The molecule has 0 aromatic carbocycles. The lowest BCUT2D eigenvalue weighted by Crippen LogP contribution is -2.52. The summed E-state index contributed by atoms with van der Waals surface area (Å²) in [6.07, 6.45) is 0.105. The molecule has 2 amide bonds. The van der Waals surface area contributed by atoms with Crippen molar-refractivity contribution in [2.45, 2.75) is 63.9 Å². The van der Waals surface area contributed by atoms with Crippen molar-refractivity contribution in [3.05, 3.63) is 17.5 Å². The van der Waals surface area contributed by atoms with Gasteiger partial charge < -0.3 is 4.52 Å². The van der Waals surface area contributed by atoms with Crippen LogP contribution in [0, 0.1) is 17.3 Å². The van der Waals surface area contributed by atoms with E-state index >= 15 is 0 Å². The monoisotopic (exact) mass is 491 g/mol. The van der Waals surface area contributed by atoms with Crippen LogP contribution in [0.5, 0.6) is 0 Å². The van der Waals surface area contributed by atoms with Gasteiger partial charge in [-0.1, -0.05) is 23.7 Å². The number of amides is 2. The number of hydrogen-bond donors (Lipinski definition) is 1. The summed E-state index contributed by atoms with van der Waals surface area (Å²) in [5.74, 6) is -4.98. The zero-order valence-corrected chi connectivity index (χ0v) is 18.7. The Labute approximate surface area is 193 Å². The van der Waals surface area contributed by atoms with Crippen molar-refractivity contribution >= 4 is 35.0 Å². The lowest BCUT2D eigenvalue weighted by atomic mass is 9.88. The Morgan fingerprint density at radius 3 is 2.55 bits per heavy atom. The highest BCUT2D eigenvalue weighted by atomic mass is 35.5. The van der Waals surface area contributed by atoms with E-state index in [9.17, 15) is 32.3 Å². The summed E-state index contributed by atoms with van der Waals surface area (Å²) in [5, 5.41) is 4.05. The lowest BCUT2D eigenvalue weighted by Gasteiger charge is -2.28. The van der Waals surface area contributed by atoms with Crippen molar-refractivity contribution in [3.8, 4) is 0 Å². The highest BCUT2D eigenvalue weighted by molar-refractivity contribution is 6.29. The number of halogens is 4. The number of carbonyl (C=O) groups excluding carboxylic acids is 4. The van der Waals surface area contributed by atoms with Gasteiger partial charge in [-0.05, 0) is 37.5 Å². The van der Waals surface area contributed by atoms with E-state index < -0.39 is 47.2 Å². The van der Waals surface area contributed by atoms with Crippen molar-refractivity contribution in [1.29, 1.82) is 0 Å². The van der Waals surface area contributed by atoms with E-state index in [0.717, 1.165) is 18.9 Å². The van der Waals surface area contributed by atoms with Gasteiger partial charge in [-0.2, -0.15) is 0 Å². The van der Waals surface area contributed by atoms with E-state index in [-0.39, 0.29) is 36.3 Å². The number of alkyl halides is 4. The molecule has 0 unspecified atom stereocenters. The summed E-state index contributed by atoms with van der Waals surface area (Å²) in [7, 11) is 0. The number of hydrazine groups is 1. The molecule has 8 nitrogen and oxygen atoms in total. The van der Waals surface area contributed by atoms with Crippen molar-refractivity contribution in [1.82, 2.24) is 15.6 Å². The molecule has 1 N–H and O–H groups in total. The van der Waals surface area contributed by atoms with Crippen molar-refractivity contribution in [2.24, 2.45) is 17.3 Å². The molecule has 1 aromatic rings. The molecule has 2 aliphatic rings. The largest absolute Gasteiger partial charge is 0.355 e. The van der Waals surface area contributed by atoms with E-state index in [2.05, 4.69) is 15.1 Å². The maximum atomic E-state index is 13.6. The lowest BCUT2D eigenvalue weighted by molar-refractivity contribution is -0.146. The second-order valence-corrected chi connectivity index (χ2v) is 9.42. The molecule has 33 heavy (non-hydrogen) atoms. The maximum absolute atomic E-state index is 13.6. The zero-order chi connectivity index (χ0) is 24.3. The smallest absolute Gasteiger partial charge is 0.298 e. The van der Waals surface area contributed by atoms with Gasteiger partial charge in [0, 0.05) is 30.7 Å². The van der Waals surface area contributed by atoms with Crippen molar-refractivity contribution in [3.63, 3.8) is 0 Å². The van der Waals surface area contributed by atoms with E-state index in [1.54, 1.807) is 0 Å². The first-order valence-electron chi connectivity index (χ1n) is 10.7. The number of nitrogens with zero attached hydrogens (tertiary/aromatic N) is 2. The van der Waals surface area contributed by atoms with Crippen molar-refractivity contribution in [2.75, 3.05) is 6.54 Å². The quantitative estimate of drug-likeness (QED) is 0.303. The third-order valence-electron chi connectivity index (χ3n) is 6.21. The number of ketones is 2. The van der Waals surface area contributed by atoms with Gasteiger partial charge in [0.15, 0.2) is 5.78 Å². The van der Waals surface area contributed by atoms with Crippen LogP contribution in [-0.2, 0) is 14.4 Å². The average Bonchev–Trinajstić information content (AvgIpc) is 3.13. The second kappa shape index (κ2) is 10.2. The summed E-state index contributed by atoms with van der Waals surface area (Å²) in [4.78, 5) is 49.9. The van der Waals surface area contributed by atoms with Crippen LogP contribution >= 0.6 is 11.6 Å². The van der Waals surface area contributed by atoms with Crippen LogP contribution < -0.4 is 5.43 Å². The van der Waals surface area contributed by atoms with Crippen LogP contribution in [0.3, 0.4) is 0 Å². The molecule has 2 fully saturated rings. The Hall–Kier alpha value is -2.43. The standard InChI is InChI=1S/C21H25ClF3N3O5/c1-21(5-6-21)9-12(7-15(30)13-8-16(18(24)25)33-27-13)19(31)26-28(20(32)17(22)23)10-11-3-2-4-14(11)29/h8,11-12,17-18H,2-7,9-10H2,1H3,(H,26,31)/t11-,12-,17-/m0/s1. The molecule has 2 saturated carbocycles. The number of Topliss-reactive ketones (excluding diaryl/α,β-unsaturated/α-hetero) is 2. The van der Waals surface area contributed by atoms with Gasteiger partial charge in [-0.15, -0.1) is 0 Å². The van der Waals surface area contributed by atoms with Crippen LogP contribution in [-0.4, -0.2) is 45.7 Å². The van der Waals surface area contributed by atoms with Crippen LogP contribution in [0.1, 0.15) is 74.5 Å². The number of carbonyl (C=O) groups is 4. The van der Waals surface area contributed by atoms with Gasteiger partial charge in [0.2, 0.25) is 11.7 Å². The number of nitrogens with one attached hydrogen (secondary N) is 1. The highest BCUT2D eigenvalue weighted by Crippen LogP contribution is 2.50. The molecule has 0 aliphatic heterocycles. The summed E-state index contributed by atoms with van der Waals surface area (Å²) in [5.41, 5.74) is -0.621. The Kier molecular flexibility index (Phi) is 7.81. The van der Waals surface area contributed by atoms with E-state index in [0.29, 0.717) is 24.3 Å². The molecule has 0 spiro atoms. The zero-order valence-electron chi connectivity index (χ0n) is 18.0. The molecular formula is C21H25ClF3N3O5. The van der Waals surface area contributed by atoms with Gasteiger partial charge >= 0.3 is 0 Å². The normalized spacial score (nSPS) is 21.0. The van der Waals surface area contributed by atoms with E-state index in [1.165, 1.54) is 0 Å². The third kappa shape index (κ3) is 6.55. The fraction of sp³-hybridized carbons (Fsp3) is 0.667. The molecule has 2 aliphatic carbocycles. The number of aromatic nitrogens is 1. The average molecular weight is 492 g/mol. The van der Waals surface area contributed by atoms with Crippen molar-refractivity contribution < 1.29 is 36.9 Å². The SMILES string of the molecule is CC1(C[C@H](CC(=O)c2cc(C(F)F)on2)C(=O)NN(C[C@@H]2CCCC2=O)C(=O)[C@H](F)Cl)CC1. The third-order valence-corrected chi connectivity index (χ3v) is 6.39. The van der Waals surface area contributed by atoms with Crippen LogP contribution in [0.25, 0.3) is 0 Å². The molecule has 1 aromatic heterocycles. The molecule has 1 heterocycles. The Bertz CT molecular complexity index is 919. The van der Waals surface area contributed by atoms with Gasteiger partial charge in [0.1, 0.15) is 11.5 Å². The van der Waals surface area contributed by atoms with Crippen LogP contribution in [0.15, 0.2) is 10.6 Å². The summed E-state index contributed by atoms with van der Waals surface area (Å²) >= 11 is 5.29. The predicted octanol–water partition coefficient (Wildman–Crippen LogP) is 3.75. The minimum atomic E-state index is -2.94. The van der Waals surface area contributed by atoms with Crippen LogP contribution in [0.2, 0.25) is 0 Å². The molecule has 0 radical (unpaired) electrons. The summed E-state index contributed by atoms with van der Waals surface area (Å²) in [6, 6.07) is 0.823. The minimum absolute atomic E-state index is 0.0925. The molecule has 0 bridgehead atoms. The number of rotatable bonds is 10. The predicted molar refractivity (Wildman–Crippen MR) is 109 cm³/mol. The van der Waals surface area contributed by atoms with Crippen LogP contribution in [0.4, 0.5) is 13.2 Å². The molecule has 3 rings (SSSR count).